The van der Waals surface area contributed by atoms with E-state index < -0.39 is 11.0 Å². The third kappa shape index (κ3) is 3.72. The summed E-state index contributed by atoms with van der Waals surface area (Å²) in [7, 11) is 0. The van der Waals surface area contributed by atoms with E-state index in [0.717, 1.165) is 50.0 Å². The van der Waals surface area contributed by atoms with Crippen molar-refractivity contribution in [3.63, 3.8) is 0 Å². The second-order valence-electron chi connectivity index (χ2n) is 8.00. The highest BCUT2D eigenvalue weighted by molar-refractivity contribution is 5.68. The van der Waals surface area contributed by atoms with E-state index in [1.165, 1.54) is 0 Å². The molecular formula is C18H25N3O3. The Hall–Kier alpha value is -2.03. The Bertz CT molecular complexity index is 641. The number of hydrogen-bond acceptors (Lipinski definition) is 5. The molecule has 2 aliphatic rings. The zero-order valence-electron chi connectivity index (χ0n) is 14.6. The first-order chi connectivity index (χ1) is 11.3. The fraction of sp³-hybridized carbons (Fsp3) is 0.722. The van der Waals surface area contributed by atoms with E-state index in [-0.39, 0.29) is 12.1 Å². The molecule has 6 nitrogen and oxygen atoms in total. The molecule has 1 heterocycles. The Balaban J connectivity index is 1.51. The molecule has 1 N–H and O–H groups in total. The van der Waals surface area contributed by atoms with Crippen molar-refractivity contribution in [1.29, 1.82) is 5.26 Å². The van der Waals surface area contributed by atoms with Gasteiger partial charge in [0.2, 0.25) is 0 Å². The van der Waals surface area contributed by atoms with Crippen molar-refractivity contribution < 1.29 is 14.1 Å². The maximum absolute atomic E-state index is 11.8. The van der Waals surface area contributed by atoms with E-state index >= 15 is 0 Å². The van der Waals surface area contributed by atoms with Gasteiger partial charge in [-0.3, -0.25) is 0 Å². The number of alkyl carbamates (subject to hydrolysis) is 1. The van der Waals surface area contributed by atoms with E-state index in [1.54, 1.807) is 0 Å². The van der Waals surface area contributed by atoms with Gasteiger partial charge in [0.1, 0.15) is 22.5 Å². The summed E-state index contributed by atoms with van der Waals surface area (Å²) in [6.07, 6.45) is 5.07. The van der Waals surface area contributed by atoms with Crippen LogP contribution in [0, 0.1) is 11.3 Å². The average Bonchev–Trinajstić information content (AvgIpc) is 3.15. The van der Waals surface area contributed by atoms with Crippen LogP contribution in [0.25, 0.3) is 0 Å². The molecule has 0 saturated heterocycles. The van der Waals surface area contributed by atoms with Crippen LogP contribution in [0.15, 0.2) is 10.6 Å². The van der Waals surface area contributed by atoms with Crippen molar-refractivity contribution in [1.82, 2.24) is 10.5 Å². The van der Waals surface area contributed by atoms with Crippen molar-refractivity contribution in [2.75, 3.05) is 0 Å². The molecule has 2 aliphatic carbocycles. The Morgan fingerprint density at radius 2 is 2.04 bits per heavy atom. The van der Waals surface area contributed by atoms with E-state index in [1.807, 2.05) is 26.8 Å². The van der Waals surface area contributed by atoms with Gasteiger partial charge in [-0.2, -0.15) is 5.26 Å². The van der Waals surface area contributed by atoms with Crippen LogP contribution in [0.4, 0.5) is 4.79 Å². The first-order valence-electron chi connectivity index (χ1n) is 8.69. The molecular weight excluding hydrogens is 306 g/mol. The predicted molar refractivity (Wildman–Crippen MR) is 87.4 cm³/mol. The third-order valence-electron chi connectivity index (χ3n) is 4.83. The van der Waals surface area contributed by atoms with Gasteiger partial charge in [0.15, 0.2) is 0 Å². The maximum Gasteiger partial charge on any atom is 0.407 e. The molecule has 0 bridgehead atoms. The van der Waals surface area contributed by atoms with Crippen LogP contribution >= 0.6 is 0 Å². The molecule has 1 aromatic rings. The molecule has 0 radical (unpaired) electrons. The van der Waals surface area contributed by atoms with Crippen molar-refractivity contribution in [3.05, 3.63) is 17.5 Å². The van der Waals surface area contributed by atoms with Gasteiger partial charge in [-0.1, -0.05) is 5.16 Å². The Kier molecular flexibility index (Phi) is 4.29. The number of carbonyl (C=O) groups excluding carboxylic acids is 1. The molecule has 0 aliphatic heterocycles. The average molecular weight is 331 g/mol. The molecule has 0 atom stereocenters. The summed E-state index contributed by atoms with van der Waals surface area (Å²) in [4.78, 5) is 11.8. The largest absolute Gasteiger partial charge is 0.444 e. The first kappa shape index (κ1) is 16.8. The molecule has 0 unspecified atom stereocenters. The number of ether oxygens (including phenoxy) is 1. The minimum absolute atomic E-state index is 0.146. The van der Waals surface area contributed by atoms with Crippen molar-refractivity contribution in [2.24, 2.45) is 0 Å². The number of nitrogens with zero attached hydrogens (tertiary/aromatic N) is 2. The normalized spacial score (nSPS) is 25.6. The van der Waals surface area contributed by atoms with Gasteiger partial charge in [0.05, 0.1) is 6.07 Å². The highest BCUT2D eigenvalue weighted by Gasteiger charge is 2.48. The van der Waals surface area contributed by atoms with Gasteiger partial charge < -0.3 is 14.6 Å². The minimum atomic E-state index is -0.475. The van der Waals surface area contributed by atoms with E-state index in [4.69, 9.17) is 9.26 Å². The molecule has 3 rings (SSSR count). The summed E-state index contributed by atoms with van der Waals surface area (Å²) in [5, 5.41) is 16.3. The molecule has 0 aromatic carbocycles. The number of amides is 1. The lowest BCUT2D eigenvalue weighted by molar-refractivity contribution is 0.0490. The monoisotopic (exact) mass is 331 g/mol. The maximum atomic E-state index is 11.8. The predicted octanol–water partition coefficient (Wildman–Crippen LogP) is 3.78. The zero-order valence-corrected chi connectivity index (χ0v) is 14.6. The van der Waals surface area contributed by atoms with Gasteiger partial charge in [0.25, 0.3) is 0 Å². The highest BCUT2D eigenvalue weighted by Crippen LogP contribution is 2.47. The number of nitriles is 1. The Morgan fingerprint density at radius 3 is 2.58 bits per heavy atom. The van der Waals surface area contributed by atoms with Crippen LogP contribution in [-0.4, -0.2) is 22.9 Å². The van der Waals surface area contributed by atoms with Crippen molar-refractivity contribution in [3.8, 4) is 6.07 Å². The topological polar surface area (TPSA) is 88.1 Å². The molecule has 130 valence electrons. The summed E-state index contributed by atoms with van der Waals surface area (Å²) >= 11 is 0. The van der Waals surface area contributed by atoms with Gasteiger partial charge >= 0.3 is 6.09 Å². The second kappa shape index (κ2) is 6.12. The van der Waals surface area contributed by atoms with Crippen LogP contribution in [0.3, 0.4) is 0 Å². The highest BCUT2D eigenvalue weighted by atomic mass is 16.6. The van der Waals surface area contributed by atoms with E-state index in [9.17, 15) is 10.1 Å². The van der Waals surface area contributed by atoms with E-state index in [2.05, 4.69) is 16.5 Å². The Labute approximate surface area is 142 Å². The minimum Gasteiger partial charge on any atom is -0.444 e. The molecule has 24 heavy (non-hydrogen) atoms. The fourth-order valence-corrected chi connectivity index (χ4v) is 3.25. The van der Waals surface area contributed by atoms with Crippen LogP contribution in [0.1, 0.15) is 76.7 Å². The summed E-state index contributed by atoms with van der Waals surface area (Å²) in [5.41, 5.74) is -0.0807. The van der Waals surface area contributed by atoms with E-state index in [0.29, 0.717) is 5.92 Å². The molecule has 0 spiro atoms. The number of hydrogen-bond donors (Lipinski definition) is 1. The molecule has 1 aromatic heterocycles. The lowest BCUT2D eigenvalue weighted by Gasteiger charge is -2.29. The quantitative estimate of drug-likeness (QED) is 0.910. The first-order valence-corrected chi connectivity index (χ1v) is 8.69. The van der Waals surface area contributed by atoms with Crippen LogP contribution < -0.4 is 5.32 Å². The van der Waals surface area contributed by atoms with Crippen molar-refractivity contribution in [2.45, 2.75) is 82.3 Å². The Morgan fingerprint density at radius 1 is 1.38 bits per heavy atom. The van der Waals surface area contributed by atoms with Gasteiger partial charge in [-0.15, -0.1) is 0 Å². The van der Waals surface area contributed by atoms with Gasteiger partial charge in [0, 0.05) is 18.0 Å². The van der Waals surface area contributed by atoms with Gasteiger partial charge in [-0.25, -0.2) is 4.79 Å². The smallest absolute Gasteiger partial charge is 0.407 e. The number of nitrogens with one attached hydrogen (secondary N) is 1. The van der Waals surface area contributed by atoms with Crippen LogP contribution in [0.2, 0.25) is 0 Å². The summed E-state index contributed by atoms with van der Waals surface area (Å²) in [5.74, 6) is 1.19. The standard InChI is InChI=1S/C18H25N3O3/c1-17(2,3)23-16(22)20-13-6-4-12(5-7-13)14-10-15(21-24-14)18(11-19)8-9-18/h10,12-13H,4-9H2,1-3H3,(H,20,22)/t12-,13-. The summed E-state index contributed by atoms with van der Waals surface area (Å²) in [6.45, 7) is 5.58. The molecule has 1 amide bonds. The molecule has 6 heteroatoms. The zero-order chi connectivity index (χ0) is 17.4. The number of aromatic nitrogens is 1. The lowest BCUT2D eigenvalue weighted by atomic mass is 9.84. The van der Waals surface area contributed by atoms with Gasteiger partial charge in [-0.05, 0) is 59.3 Å². The number of carbonyl (C=O) groups is 1. The van der Waals surface area contributed by atoms with Crippen LogP contribution in [0.5, 0.6) is 0 Å². The third-order valence-corrected chi connectivity index (χ3v) is 4.83. The summed E-state index contributed by atoms with van der Waals surface area (Å²) < 4.78 is 10.8. The lowest BCUT2D eigenvalue weighted by Crippen LogP contribution is -2.40. The van der Waals surface area contributed by atoms with Crippen LogP contribution in [-0.2, 0) is 10.2 Å². The molecule has 2 fully saturated rings. The second-order valence-corrected chi connectivity index (χ2v) is 8.00. The SMILES string of the molecule is CC(C)(C)OC(=O)N[C@H]1CC[C@H](c2cc(C3(C#N)CC3)no2)CC1. The number of rotatable bonds is 3. The fourth-order valence-electron chi connectivity index (χ4n) is 3.25. The summed E-state index contributed by atoms with van der Waals surface area (Å²) in [6, 6.07) is 4.45. The molecule has 2 saturated carbocycles. The van der Waals surface area contributed by atoms with Crippen molar-refractivity contribution >= 4 is 6.09 Å².